The van der Waals surface area contributed by atoms with E-state index in [9.17, 15) is 18.4 Å². The molecule has 1 aromatic heterocycles. The maximum Gasteiger partial charge on any atom is 0.308 e. The molecule has 3 aromatic rings. The van der Waals surface area contributed by atoms with E-state index >= 15 is 0 Å². The molecule has 0 radical (unpaired) electrons. The lowest BCUT2D eigenvalue weighted by atomic mass is 10.0. The van der Waals surface area contributed by atoms with Gasteiger partial charge in [0.15, 0.2) is 5.78 Å². The summed E-state index contributed by atoms with van der Waals surface area (Å²) in [6.45, 7) is 7.09. The highest BCUT2D eigenvalue weighted by Gasteiger charge is 2.18. The molecule has 0 aliphatic heterocycles. The highest BCUT2D eigenvalue weighted by molar-refractivity contribution is 7.15. The Balaban J connectivity index is 1.79. The number of hydrogen-bond acceptors (Lipinski definition) is 5. The molecule has 0 saturated carbocycles. The highest BCUT2D eigenvalue weighted by atomic mass is 32.1. The van der Waals surface area contributed by atoms with Crippen LogP contribution < -0.4 is 4.74 Å². The predicted octanol–water partition coefficient (Wildman–Crippen LogP) is 6.26. The van der Waals surface area contributed by atoms with Crippen molar-refractivity contribution in [2.45, 2.75) is 46.5 Å². The van der Waals surface area contributed by atoms with Gasteiger partial charge in [0.1, 0.15) is 22.4 Å². The van der Waals surface area contributed by atoms with Gasteiger partial charge in [0.25, 0.3) is 0 Å². The number of thiazole rings is 1. The average molecular weight is 444 g/mol. The number of benzene rings is 2. The molecule has 0 fully saturated rings. The second-order valence-corrected chi connectivity index (χ2v) is 8.72. The smallest absolute Gasteiger partial charge is 0.308 e. The van der Waals surface area contributed by atoms with E-state index in [2.05, 4.69) is 4.98 Å². The molecule has 3 rings (SSSR count). The molecule has 1 heterocycles. The summed E-state index contributed by atoms with van der Waals surface area (Å²) in [5.74, 6) is -1.22. The number of rotatable bonds is 7. The molecule has 0 atom stereocenters. The lowest BCUT2D eigenvalue weighted by Crippen LogP contribution is -2.05. The minimum absolute atomic E-state index is 0.0427. The van der Waals surface area contributed by atoms with Crippen molar-refractivity contribution < 1.29 is 23.1 Å². The van der Waals surface area contributed by atoms with E-state index in [-0.39, 0.29) is 18.1 Å². The minimum Gasteiger partial charge on any atom is -0.426 e. The van der Waals surface area contributed by atoms with Gasteiger partial charge in [-0.1, -0.05) is 13.8 Å². The van der Waals surface area contributed by atoms with Crippen molar-refractivity contribution in [3.8, 4) is 16.3 Å². The second-order valence-electron chi connectivity index (χ2n) is 7.64. The normalized spacial score (nSPS) is 11.1. The number of hydrogen-bond donors (Lipinski definition) is 0. The molecule has 0 saturated heterocycles. The van der Waals surface area contributed by atoms with Crippen LogP contribution in [0.15, 0.2) is 36.4 Å². The maximum absolute atomic E-state index is 13.6. The first-order valence-electron chi connectivity index (χ1n) is 9.92. The van der Waals surface area contributed by atoms with Gasteiger partial charge in [0.2, 0.25) is 0 Å². The molecule has 162 valence electrons. The van der Waals surface area contributed by atoms with Crippen LogP contribution in [0.5, 0.6) is 5.75 Å². The average Bonchev–Trinajstić information content (AvgIpc) is 3.11. The number of Topliss-reactive ketones (excluding diaryl/α,β-unsaturated/α-hetero) is 1. The van der Waals surface area contributed by atoms with Crippen LogP contribution >= 0.6 is 11.3 Å². The first-order chi connectivity index (χ1) is 14.6. The Morgan fingerprint density at radius 1 is 1.10 bits per heavy atom. The summed E-state index contributed by atoms with van der Waals surface area (Å²) in [4.78, 5) is 29.4. The summed E-state index contributed by atoms with van der Waals surface area (Å²) in [6, 6.07) is 8.31. The first-order valence-corrected chi connectivity index (χ1v) is 10.7. The summed E-state index contributed by atoms with van der Waals surface area (Å²) < 4.78 is 32.3. The Hall–Kier alpha value is -2.93. The molecule has 0 N–H and O–H groups in total. The van der Waals surface area contributed by atoms with E-state index in [1.165, 1.54) is 30.4 Å². The Morgan fingerprint density at radius 3 is 2.35 bits per heavy atom. The van der Waals surface area contributed by atoms with Crippen molar-refractivity contribution in [3.05, 3.63) is 69.7 Å². The van der Waals surface area contributed by atoms with Gasteiger partial charge < -0.3 is 4.74 Å². The van der Waals surface area contributed by atoms with Crippen LogP contribution in [-0.4, -0.2) is 16.7 Å². The van der Waals surface area contributed by atoms with E-state index in [4.69, 9.17) is 4.74 Å². The molecular formula is C24H23F2NO3S. The third kappa shape index (κ3) is 5.61. The number of carbonyl (C=O) groups excluding carboxylic acids is 2. The summed E-state index contributed by atoms with van der Waals surface area (Å²) in [6.07, 6.45) is 0.748. The van der Waals surface area contributed by atoms with Gasteiger partial charge >= 0.3 is 5.97 Å². The van der Waals surface area contributed by atoms with Crippen molar-refractivity contribution >= 4 is 23.1 Å². The Morgan fingerprint density at radius 2 is 1.77 bits per heavy atom. The quantitative estimate of drug-likeness (QED) is 0.246. The van der Waals surface area contributed by atoms with Gasteiger partial charge in [-0.15, -0.1) is 11.3 Å². The van der Waals surface area contributed by atoms with Crippen molar-refractivity contribution in [1.29, 1.82) is 0 Å². The standard InChI is InChI=1S/C24H23F2NO3S/c1-13(2)23-22(31-24(27-23)17-10-18(25)12-19(26)11-17)8-6-20(29)16-5-7-21(14(3)9-16)30-15(4)28/h5,7,9-13H,6,8H2,1-4H3. The SMILES string of the molecule is CC(=O)Oc1ccc(C(=O)CCc2sc(-c3cc(F)cc(F)c3)nc2C(C)C)cc1C. The Labute approximate surface area is 183 Å². The number of ketones is 1. The summed E-state index contributed by atoms with van der Waals surface area (Å²) in [7, 11) is 0. The van der Waals surface area contributed by atoms with Crippen LogP contribution in [0.1, 0.15) is 59.6 Å². The van der Waals surface area contributed by atoms with E-state index in [1.54, 1.807) is 25.1 Å². The van der Waals surface area contributed by atoms with Gasteiger partial charge in [-0.05, 0) is 55.2 Å². The van der Waals surface area contributed by atoms with Gasteiger partial charge in [-0.2, -0.15) is 0 Å². The molecule has 0 aliphatic rings. The largest absolute Gasteiger partial charge is 0.426 e. The first kappa shape index (κ1) is 22.7. The van der Waals surface area contributed by atoms with Crippen molar-refractivity contribution in [3.63, 3.8) is 0 Å². The van der Waals surface area contributed by atoms with Gasteiger partial charge in [-0.3, -0.25) is 9.59 Å². The monoisotopic (exact) mass is 443 g/mol. The van der Waals surface area contributed by atoms with E-state index in [1.807, 2.05) is 13.8 Å². The second kappa shape index (κ2) is 9.47. The lowest BCUT2D eigenvalue weighted by molar-refractivity contribution is -0.131. The topological polar surface area (TPSA) is 56.3 Å². The fourth-order valence-electron chi connectivity index (χ4n) is 3.26. The summed E-state index contributed by atoms with van der Waals surface area (Å²) >= 11 is 1.35. The summed E-state index contributed by atoms with van der Waals surface area (Å²) in [5.41, 5.74) is 2.46. The Kier molecular flexibility index (Phi) is 6.95. The zero-order valence-electron chi connectivity index (χ0n) is 17.8. The molecule has 0 aliphatic carbocycles. The number of esters is 1. The van der Waals surface area contributed by atoms with Crippen LogP contribution in [0.4, 0.5) is 8.78 Å². The predicted molar refractivity (Wildman–Crippen MR) is 117 cm³/mol. The molecule has 4 nitrogen and oxygen atoms in total. The Bertz CT molecular complexity index is 1120. The maximum atomic E-state index is 13.6. The zero-order valence-corrected chi connectivity index (χ0v) is 18.6. The molecule has 0 bridgehead atoms. The molecular weight excluding hydrogens is 420 g/mol. The summed E-state index contributed by atoms with van der Waals surface area (Å²) in [5, 5.41) is 0.533. The van der Waals surface area contributed by atoms with Crippen LogP contribution in [0.25, 0.3) is 10.6 Å². The van der Waals surface area contributed by atoms with Crippen LogP contribution in [-0.2, 0) is 11.2 Å². The van der Waals surface area contributed by atoms with Crippen LogP contribution in [0, 0.1) is 18.6 Å². The lowest BCUT2D eigenvalue weighted by Gasteiger charge is -2.08. The zero-order chi connectivity index (χ0) is 22.7. The number of carbonyl (C=O) groups is 2. The number of aryl methyl sites for hydroxylation is 2. The van der Waals surface area contributed by atoms with Crippen molar-refractivity contribution in [2.24, 2.45) is 0 Å². The van der Waals surface area contributed by atoms with Gasteiger partial charge in [0.05, 0.1) is 5.69 Å². The molecule has 7 heteroatoms. The molecule has 0 unspecified atom stereocenters. The number of nitrogens with zero attached hydrogens (tertiary/aromatic N) is 1. The fourth-order valence-corrected chi connectivity index (χ4v) is 4.46. The van der Waals surface area contributed by atoms with E-state index in [0.717, 1.165) is 16.6 Å². The third-order valence-electron chi connectivity index (χ3n) is 4.71. The molecule has 2 aromatic carbocycles. The number of ether oxygens (including phenoxy) is 1. The fraction of sp³-hybridized carbons (Fsp3) is 0.292. The number of halogens is 2. The molecule has 0 spiro atoms. The van der Waals surface area contributed by atoms with Crippen molar-refractivity contribution in [2.75, 3.05) is 0 Å². The third-order valence-corrected chi connectivity index (χ3v) is 5.89. The van der Waals surface area contributed by atoms with Crippen molar-refractivity contribution in [1.82, 2.24) is 4.98 Å². The number of aromatic nitrogens is 1. The van der Waals surface area contributed by atoms with E-state index in [0.29, 0.717) is 33.9 Å². The van der Waals surface area contributed by atoms with Crippen LogP contribution in [0.3, 0.4) is 0 Å². The van der Waals surface area contributed by atoms with Gasteiger partial charge in [0, 0.05) is 35.4 Å². The highest BCUT2D eigenvalue weighted by Crippen LogP contribution is 2.33. The van der Waals surface area contributed by atoms with E-state index < -0.39 is 17.6 Å². The minimum atomic E-state index is -0.652. The van der Waals surface area contributed by atoms with Gasteiger partial charge in [-0.25, -0.2) is 13.8 Å². The molecule has 31 heavy (non-hydrogen) atoms. The van der Waals surface area contributed by atoms with Crippen LogP contribution in [0.2, 0.25) is 0 Å². The molecule has 0 amide bonds.